The number of fused-ring (bicyclic) bond motifs is 3. The summed E-state index contributed by atoms with van der Waals surface area (Å²) < 4.78 is 20.4. The molecular weight excluding hydrogens is 375 g/mol. The van der Waals surface area contributed by atoms with Crippen LogP contribution >= 0.6 is 15.9 Å². The highest BCUT2D eigenvalue weighted by Gasteiger charge is 2.20. The quantitative estimate of drug-likeness (QED) is 0.682. The first-order valence-electron chi connectivity index (χ1n) is 7.83. The molecule has 1 amide bonds. The van der Waals surface area contributed by atoms with Gasteiger partial charge >= 0.3 is 0 Å². The van der Waals surface area contributed by atoms with Gasteiger partial charge in [-0.3, -0.25) is 4.79 Å². The largest absolute Gasteiger partial charge is 0.378 e. The van der Waals surface area contributed by atoms with E-state index in [1.54, 1.807) is 23.1 Å². The number of aryl methyl sites for hydroxylation is 1. The summed E-state index contributed by atoms with van der Waals surface area (Å²) in [6.45, 7) is 4.22. The van der Waals surface area contributed by atoms with Gasteiger partial charge in [-0.1, -0.05) is 0 Å². The van der Waals surface area contributed by atoms with Crippen LogP contribution in [0, 0.1) is 12.7 Å². The lowest BCUT2D eigenvalue weighted by molar-refractivity contribution is 0.0303. The molecule has 0 unspecified atom stereocenters. The molecule has 1 fully saturated rings. The van der Waals surface area contributed by atoms with Crippen LogP contribution in [0.4, 0.5) is 4.39 Å². The van der Waals surface area contributed by atoms with Crippen LogP contribution in [0.25, 0.3) is 21.8 Å². The van der Waals surface area contributed by atoms with Crippen molar-refractivity contribution >= 4 is 43.6 Å². The van der Waals surface area contributed by atoms with E-state index >= 15 is 0 Å². The number of ether oxygens (including phenoxy) is 1. The van der Waals surface area contributed by atoms with Crippen LogP contribution in [0.5, 0.6) is 0 Å². The highest BCUT2D eigenvalue weighted by molar-refractivity contribution is 9.10. The second kappa shape index (κ2) is 5.86. The van der Waals surface area contributed by atoms with Crippen molar-refractivity contribution in [1.82, 2.24) is 9.88 Å². The fraction of sp³-hybridized carbons (Fsp3) is 0.278. The van der Waals surface area contributed by atoms with Gasteiger partial charge in [0.05, 0.1) is 23.2 Å². The number of aromatic nitrogens is 1. The van der Waals surface area contributed by atoms with E-state index in [0.29, 0.717) is 41.7 Å². The minimum Gasteiger partial charge on any atom is -0.378 e. The number of hydrogen-bond acceptors (Lipinski definition) is 2. The molecule has 24 heavy (non-hydrogen) atoms. The molecule has 2 aromatic carbocycles. The molecule has 1 N–H and O–H groups in total. The summed E-state index contributed by atoms with van der Waals surface area (Å²) in [5.41, 5.74) is 3.11. The summed E-state index contributed by atoms with van der Waals surface area (Å²) >= 11 is 3.27. The van der Waals surface area contributed by atoms with Crippen LogP contribution in [0.15, 0.2) is 28.7 Å². The van der Waals surface area contributed by atoms with Gasteiger partial charge in [0.15, 0.2) is 0 Å². The van der Waals surface area contributed by atoms with Gasteiger partial charge in [0, 0.05) is 34.9 Å². The Kier molecular flexibility index (Phi) is 3.81. The minimum absolute atomic E-state index is 0.0401. The predicted molar refractivity (Wildman–Crippen MR) is 94.9 cm³/mol. The first-order valence-corrected chi connectivity index (χ1v) is 8.62. The fourth-order valence-electron chi connectivity index (χ4n) is 3.24. The van der Waals surface area contributed by atoms with Gasteiger partial charge in [0.2, 0.25) is 0 Å². The van der Waals surface area contributed by atoms with E-state index in [-0.39, 0.29) is 11.7 Å². The number of nitrogens with zero attached hydrogens (tertiary/aromatic N) is 1. The average Bonchev–Trinajstić information content (AvgIpc) is 2.99. The zero-order valence-corrected chi connectivity index (χ0v) is 14.7. The summed E-state index contributed by atoms with van der Waals surface area (Å²) in [5, 5.41) is 1.25. The van der Waals surface area contributed by atoms with E-state index in [1.165, 1.54) is 0 Å². The van der Waals surface area contributed by atoms with Crippen molar-refractivity contribution in [2.45, 2.75) is 6.92 Å². The molecule has 4 nitrogen and oxygen atoms in total. The van der Waals surface area contributed by atoms with Gasteiger partial charge in [-0.15, -0.1) is 0 Å². The zero-order chi connectivity index (χ0) is 16.8. The maximum absolute atomic E-state index is 14.7. The topological polar surface area (TPSA) is 45.3 Å². The summed E-state index contributed by atoms with van der Waals surface area (Å²) in [6.07, 6.45) is 0. The maximum Gasteiger partial charge on any atom is 0.254 e. The highest BCUT2D eigenvalue weighted by Crippen LogP contribution is 2.34. The Hall–Kier alpha value is -1.92. The predicted octanol–water partition coefficient (Wildman–Crippen LogP) is 4.00. The molecule has 4 rings (SSSR count). The van der Waals surface area contributed by atoms with Crippen molar-refractivity contribution in [3.8, 4) is 0 Å². The van der Waals surface area contributed by atoms with Gasteiger partial charge in [0.1, 0.15) is 5.82 Å². The number of H-pyrrole nitrogens is 1. The highest BCUT2D eigenvalue weighted by atomic mass is 79.9. The zero-order valence-electron chi connectivity index (χ0n) is 13.2. The molecule has 1 saturated heterocycles. The lowest BCUT2D eigenvalue weighted by Crippen LogP contribution is -2.40. The van der Waals surface area contributed by atoms with Crippen LogP contribution < -0.4 is 0 Å². The first-order chi connectivity index (χ1) is 11.6. The standard InChI is InChI=1S/C18H16BrFN2O2/c1-10-8-13(19)16(20)15-12-9-11(2-3-14(12)21-17(10)15)18(23)22-4-6-24-7-5-22/h2-3,8-9,21H,4-7H2,1H3. The second-order valence-electron chi connectivity index (χ2n) is 6.03. The Balaban J connectivity index is 1.88. The average molecular weight is 391 g/mol. The Morgan fingerprint density at radius 1 is 1.29 bits per heavy atom. The molecule has 0 bridgehead atoms. The third-order valence-corrected chi connectivity index (χ3v) is 5.09. The van der Waals surface area contributed by atoms with Crippen LogP contribution in [-0.2, 0) is 4.74 Å². The first kappa shape index (κ1) is 15.6. The lowest BCUT2D eigenvalue weighted by atomic mass is 10.1. The molecule has 6 heteroatoms. The number of amides is 1. The van der Waals surface area contributed by atoms with Crippen molar-refractivity contribution in [3.63, 3.8) is 0 Å². The Morgan fingerprint density at radius 3 is 2.79 bits per heavy atom. The molecule has 1 aliphatic heterocycles. The molecule has 2 heterocycles. The van der Waals surface area contributed by atoms with Crippen molar-refractivity contribution in [2.75, 3.05) is 26.3 Å². The number of carbonyl (C=O) groups is 1. The van der Waals surface area contributed by atoms with Crippen LogP contribution in [0.1, 0.15) is 15.9 Å². The van der Waals surface area contributed by atoms with E-state index in [0.717, 1.165) is 22.0 Å². The number of benzene rings is 2. The Bertz CT molecular complexity index is 961. The Labute approximate surface area is 146 Å². The van der Waals surface area contributed by atoms with Gasteiger partial charge in [-0.2, -0.15) is 0 Å². The van der Waals surface area contributed by atoms with Crippen LogP contribution in [0.2, 0.25) is 0 Å². The summed E-state index contributed by atoms with van der Waals surface area (Å²) in [5.74, 6) is -0.348. The SMILES string of the molecule is Cc1cc(Br)c(F)c2c1[nH]c1ccc(C(=O)N3CCOCC3)cc12. The lowest BCUT2D eigenvalue weighted by Gasteiger charge is -2.26. The summed E-state index contributed by atoms with van der Waals surface area (Å²) in [4.78, 5) is 17.7. The summed E-state index contributed by atoms with van der Waals surface area (Å²) in [7, 11) is 0. The van der Waals surface area contributed by atoms with E-state index in [9.17, 15) is 9.18 Å². The fourth-order valence-corrected chi connectivity index (χ4v) is 3.78. The third-order valence-electron chi connectivity index (χ3n) is 4.51. The molecule has 0 atom stereocenters. The van der Waals surface area contributed by atoms with Crippen molar-refractivity contribution in [1.29, 1.82) is 0 Å². The second-order valence-corrected chi connectivity index (χ2v) is 6.88. The number of aromatic amines is 1. The van der Waals surface area contributed by atoms with E-state index in [4.69, 9.17) is 4.74 Å². The van der Waals surface area contributed by atoms with Crippen LogP contribution in [0.3, 0.4) is 0 Å². The molecule has 3 aromatic rings. The van der Waals surface area contributed by atoms with Crippen molar-refractivity contribution < 1.29 is 13.9 Å². The van der Waals surface area contributed by atoms with E-state index in [2.05, 4.69) is 20.9 Å². The third kappa shape index (κ3) is 2.41. The number of carbonyl (C=O) groups excluding carboxylic acids is 1. The monoisotopic (exact) mass is 390 g/mol. The van der Waals surface area contributed by atoms with E-state index in [1.807, 2.05) is 13.0 Å². The molecule has 0 spiro atoms. The van der Waals surface area contributed by atoms with Gasteiger partial charge in [-0.05, 0) is 52.7 Å². The van der Waals surface area contributed by atoms with Gasteiger partial charge < -0.3 is 14.6 Å². The molecular formula is C18H16BrFN2O2. The number of rotatable bonds is 1. The summed E-state index contributed by atoms with van der Waals surface area (Å²) in [6, 6.07) is 7.17. The Morgan fingerprint density at radius 2 is 2.04 bits per heavy atom. The smallest absolute Gasteiger partial charge is 0.254 e. The molecule has 0 aliphatic carbocycles. The van der Waals surface area contributed by atoms with Crippen molar-refractivity contribution in [2.24, 2.45) is 0 Å². The number of halogens is 2. The number of hydrogen-bond donors (Lipinski definition) is 1. The molecule has 1 aliphatic rings. The number of morpholine rings is 1. The van der Waals surface area contributed by atoms with Gasteiger partial charge in [-0.25, -0.2) is 4.39 Å². The minimum atomic E-state index is -0.308. The molecule has 0 saturated carbocycles. The molecule has 1 aromatic heterocycles. The molecule has 124 valence electrons. The molecule has 0 radical (unpaired) electrons. The van der Waals surface area contributed by atoms with Crippen LogP contribution in [-0.4, -0.2) is 42.1 Å². The van der Waals surface area contributed by atoms with Gasteiger partial charge in [0.25, 0.3) is 5.91 Å². The van der Waals surface area contributed by atoms with Crippen molar-refractivity contribution in [3.05, 3.63) is 45.7 Å². The normalized spacial score (nSPS) is 15.4. The number of nitrogens with one attached hydrogen (secondary N) is 1. The van der Waals surface area contributed by atoms with E-state index < -0.39 is 0 Å². The maximum atomic E-state index is 14.7.